The molecular weight excluding hydrogens is 436 g/mol. The van der Waals surface area contributed by atoms with Gasteiger partial charge in [0, 0.05) is 28.4 Å². The van der Waals surface area contributed by atoms with Crippen LogP contribution in [-0.2, 0) is 5.41 Å². The summed E-state index contributed by atoms with van der Waals surface area (Å²) in [5.41, 5.74) is 7.50. The van der Waals surface area contributed by atoms with Crippen LogP contribution in [0.1, 0.15) is 50.8 Å². The van der Waals surface area contributed by atoms with Crippen LogP contribution in [0.15, 0.2) is 62.2 Å². The SMILES string of the molecule is [C-]#[N+]/C(C#N)=C1/Sc2c(O)c3c(c(O)c2S1)[C@@H]1c2ccccc2[C@@]12c1ccc(C)cc1[C@H]32. The monoisotopic (exact) mass is 450 g/mol. The van der Waals surface area contributed by atoms with Crippen molar-refractivity contribution >= 4 is 23.5 Å². The standard InChI is InChI=1S/C26H14N2O2S2/c1-11-7-8-15-13(9-11)20-18-17(19-12-5-3-4-6-14(12)26(15,19)20)21(29)23-24(22(18)30)32-25(31-23)16(10-27)28-2/h3-9,19-20,29-30H,1H3/b25-16+/t19-,20+,26+/m0/s1. The second-order valence-corrected chi connectivity index (χ2v) is 11.0. The molecule has 3 aliphatic carbocycles. The Labute approximate surface area is 193 Å². The fourth-order valence-corrected chi connectivity index (χ4v) is 8.82. The number of aromatic hydroxyl groups is 2. The number of hydrogen-bond donors (Lipinski definition) is 2. The summed E-state index contributed by atoms with van der Waals surface area (Å²) in [4.78, 5) is 4.43. The number of rotatable bonds is 0. The molecule has 4 aliphatic rings. The van der Waals surface area contributed by atoms with Crippen molar-refractivity contribution in [2.24, 2.45) is 0 Å². The smallest absolute Gasteiger partial charge is 0.282 e. The highest BCUT2D eigenvalue weighted by Gasteiger charge is 2.71. The summed E-state index contributed by atoms with van der Waals surface area (Å²) in [6, 6.07) is 16.9. The van der Waals surface area contributed by atoms with Crippen molar-refractivity contribution in [1.82, 2.24) is 0 Å². The van der Waals surface area contributed by atoms with Crippen LogP contribution in [0, 0.1) is 24.8 Å². The lowest BCUT2D eigenvalue weighted by Crippen LogP contribution is -2.52. The first kappa shape index (κ1) is 18.3. The topological polar surface area (TPSA) is 68.6 Å². The zero-order valence-electron chi connectivity index (χ0n) is 16.8. The molecule has 1 heterocycles. The van der Waals surface area contributed by atoms with Gasteiger partial charge in [-0.05, 0) is 29.2 Å². The van der Waals surface area contributed by atoms with Gasteiger partial charge in [0.15, 0.2) is 0 Å². The second kappa shape index (κ2) is 5.72. The molecule has 0 saturated carbocycles. The van der Waals surface area contributed by atoms with Crippen LogP contribution in [0.5, 0.6) is 11.5 Å². The van der Waals surface area contributed by atoms with E-state index < -0.39 is 0 Å². The summed E-state index contributed by atoms with van der Waals surface area (Å²) in [5, 5.41) is 32.4. The Hall–Kier alpha value is -3.32. The van der Waals surface area contributed by atoms with Gasteiger partial charge in [0.2, 0.25) is 0 Å². The molecule has 32 heavy (non-hydrogen) atoms. The Kier molecular flexibility index (Phi) is 3.27. The van der Waals surface area contributed by atoms with Gasteiger partial charge in [-0.25, -0.2) is 10.1 Å². The van der Waals surface area contributed by atoms with E-state index in [0.29, 0.717) is 14.0 Å². The van der Waals surface area contributed by atoms with Gasteiger partial charge in [0.05, 0.1) is 26.7 Å². The fraction of sp³-hybridized carbons (Fsp3) is 0.154. The van der Waals surface area contributed by atoms with Gasteiger partial charge in [-0.3, -0.25) is 0 Å². The highest BCUT2D eigenvalue weighted by molar-refractivity contribution is 8.24. The minimum absolute atomic E-state index is 0.0110. The number of phenols is 2. The molecule has 3 atom stereocenters. The Bertz CT molecular complexity index is 1540. The quantitative estimate of drug-likeness (QED) is 0.246. The number of phenolic OH excluding ortho intramolecular Hbond substituents is 2. The van der Waals surface area contributed by atoms with Gasteiger partial charge >= 0.3 is 0 Å². The minimum atomic E-state index is -0.242. The first-order valence-corrected chi connectivity index (χ1v) is 11.9. The highest BCUT2D eigenvalue weighted by atomic mass is 32.2. The lowest BCUT2D eigenvalue weighted by atomic mass is 9.43. The van der Waals surface area contributed by atoms with E-state index in [0.717, 1.165) is 11.1 Å². The molecule has 6 heteroatoms. The minimum Gasteiger partial charge on any atom is -0.506 e. The normalized spacial score (nSPS) is 26.1. The average molecular weight is 451 g/mol. The number of benzene rings is 3. The first-order chi connectivity index (χ1) is 15.5. The van der Waals surface area contributed by atoms with Gasteiger partial charge in [-0.15, -0.1) is 0 Å². The maximum atomic E-state index is 11.5. The van der Waals surface area contributed by atoms with Gasteiger partial charge in [-0.2, -0.15) is 0 Å². The maximum absolute atomic E-state index is 11.5. The van der Waals surface area contributed by atoms with E-state index in [2.05, 4.69) is 48.2 Å². The molecular formula is C26H14N2O2S2. The predicted octanol–water partition coefficient (Wildman–Crippen LogP) is 6.11. The van der Waals surface area contributed by atoms with E-state index in [4.69, 9.17) is 6.57 Å². The number of nitriles is 1. The van der Waals surface area contributed by atoms with Crippen LogP contribution >= 0.6 is 23.5 Å². The first-order valence-electron chi connectivity index (χ1n) is 10.2. The molecule has 0 unspecified atom stereocenters. The van der Waals surface area contributed by atoms with Crippen molar-refractivity contribution in [3.05, 3.63) is 103 Å². The molecule has 1 spiro atoms. The summed E-state index contributed by atoms with van der Waals surface area (Å²) < 4.78 is 0.511. The van der Waals surface area contributed by atoms with Gasteiger partial charge in [0.1, 0.15) is 11.5 Å². The zero-order chi connectivity index (χ0) is 21.9. The largest absolute Gasteiger partial charge is 0.506 e. The Morgan fingerprint density at radius 3 is 2.28 bits per heavy atom. The Morgan fingerprint density at radius 2 is 1.62 bits per heavy atom. The van der Waals surface area contributed by atoms with Gasteiger partial charge in [0.25, 0.3) is 5.70 Å². The Morgan fingerprint density at radius 1 is 1.00 bits per heavy atom. The van der Waals surface area contributed by atoms with Crippen molar-refractivity contribution in [2.75, 3.05) is 0 Å². The maximum Gasteiger partial charge on any atom is 0.282 e. The van der Waals surface area contributed by atoms with Crippen molar-refractivity contribution in [2.45, 2.75) is 34.0 Å². The molecule has 0 aromatic heterocycles. The van der Waals surface area contributed by atoms with Crippen LogP contribution in [0.25, 0.3) is 4.85 Å². The van der Waals surface area contributed by atoms with Crippen LogP contribution < -0.4 is 0 Å². The average Bonchev–Trinajstić information content (AvgIpc) is 3.31. The van der Waals surface area contributed by atoms with E-state index in [1.807, 2.05) is 12.1 Å². The number of hydrogen-bond acceptors (Lipinski definition) is 5. The van der Waals surface area contributed by atoms with E-state index in [1.54, 1.807) is 0 Å². The number of thioether (sulfide) groups is 2. The number of fused-ring (bicyclic) bond motifs is 8. The molecule has 0 bridgehead atoms. The molecule has 0 fully saturated rings. The summed E-state index contributed by atoms with van der Waals surface area (Å²) in [6.07, 6.45) is 0. The van der Waals surface area contributed by atoms with Crippen LogP contribution in [0.4, 0.5) is 0 Å². The molecule has 4 nitrogen and oxygen atoms in total. The van der Waals surface area contributed by atoms with Crippen LogP contribution in [0.3, 0.4) is 0 Å². The molecule has 0 amide bonds. The molecule has 7 rings (SSSR count). The number of nitrogens with zero attached hydrogens (tertiary/aromatic N) is 2. The summed E-state index contributed by atoms with van der Waals surface area (Å²) in [5.74, 6) is 0.330. The van der Waals surface area contributed by atoms with Gasteiger partial charge in [-0.1, -0.05) is 71.6 Å². The van der Waals surface area contributed by atoms with E-state index >= 15 is 0 Å². The van der Waals surface area contributed by atoms with Crippen molar-refractivity contribution in [3.63, 3.8) is 0 Å². The summed E-state index contributed by atoms with van der Waals surface area (Å²) in [6.45, 7) is 9.35. The van der Waals surface area contributed by atoms with Crippen molar-refractivity contribution in [3.8, 4) is 17.6 Å². The third kappa shape index (κ3) is 1.74. The highest BCUT2D eigenvalue weighted by Crippen LogP contribution is 2.80. The molecule has 0 radical (unpaired) electrons. The fourth-order valence-electron chi connectivity index (χ4n) is 6.37. The van der Waals surface area contributed by atoms with Crippen molar-refractivity contribution < 1.29 is 10.2 Å². The molecule has 2 N–H and O–H groups in total. The van der Waals surface area contributed by atoms with Crippen LogP contribution in [-0.4, -0.2) is 10.2 Å². The third-order valence-corrected chi connectivity index (χ3v) is 10.00. The second-order valence-electron chi connectivity index (χ2n) is 8.66. The lowest BCUT2D eigenvalue weighted by Gasteiger charge is -2.58. The number of allylic oxidation sites excluding steroid dienone is 1. The van der Waals surface area contributed by atoms with Gasteiger partial charge < -0.3 is 10.2 Å². The lowest BCUT2D eigenvalue weighted by molar-refractivity contribution is 0.325. The van der Waals surface area contributed by atoms with E-state index in [-0.39, 0.29) is 34.4 Å². The summed E-state index contributed by atoms with van der Waals surface area (Å²) >= 11 is 2.42. The van der Waals surface area contributed by atoms with E-state index in [1.165, 1.54) is 51.3 Å². The molecule has 0 saturated heterocycles. The Balaban J connectivity index is 1.55. The number of aryl methyl sites for hydroxylation is 1. The summed E-state index contributed by atoms with van der Waals surface area (Å²) in [7, 11) is 0. The molecule has 152 valence electrons. The van der Waals surface area contributed by atoms with Crippen molar-refractivity contribution in [1.29, 1.82) is 5.26 Å². The third-order valence-electron chi connectivity index (χ3n) is 7.41. The molecule has 1 aliphatic heterocycles. The van der Waals surface area contributed by atoms with E-state index in [9.17, 15) is 15.5 Å². The predicted molar refractivity (Wildman–Crippen MR) is 123 cm³/mol. The van der Waals surface area contributed by atoms with Crippen LogP contribution in [0.2, 0.25) is 0 Å². The zero-order valence-corrected chi connectivity index (χ0v) is 18.4. The molecule has 3 aromatic carbocycles. The molecule has 3 aromatic rings.